The van der Waals surface area contributed by atoms with Crippen LogP contribution in [0.25, 0.3) is 11.4 Å². The van der Waals surface area contributed by atoms with Gasteiger partial charge in [0.25, 0.3) is 0 Å². The van der Waals surface area contributed by atoms with Gasteiger partial charge in [-0.3, -0.25) is 0 Å². The lowest BCUT2D eigenvalue weighted by Gasteiger charge is -2.09. The van der Waals surface area contributed by atoms with Crippen molar-refractivity contribution in [2.45, 2.75) is 26.3 Å². The van der Waals surface area contributed by atoms with E-state index in [1.165, 1.54) is 0 Å². The van der Waals surface area contributed by atoms with Gasteiger partial charge in [0.15, 0.2) is 5.82 Å². The fraction of sp³-hybridized carbons (Fsp3) is 0.500. The molecule has 1 aromatic carbocycles. The zero-order valence-electron chi connectivity index (χ0n) is 11.6. The number of nitrogens with two attached hydrogens (primary N) is 1. The molecule has 0 bridgehead atoms. The molecule has 2 heterocycles. The molecular formula is C14H19N5O. The lowest BCUT2D eigenvalue weighted by molar-refractivity contribution is 0.183. The Bertz CT molecular complexity index is 589. The van der Waals surface area contributed by atoms with Crippen molar-refractivity contribution >= 4 is 5.69 Å². The highest BCUT2D eigenvalue weighted by atomic mass is 16.5. The first-order valence-electron chi connectivity index (χ1n) is 6.94. The summed E-state index contributed by atoms with van der Waals surface area (Å²) in [4.78, 5) is 0. The molecule has 20 heavy (non-hydrogen) atoms. The molecular weight excluding hydrogens is 254 g/mol. The molecule has 0 spiro atoms. The quantitative estimate of drug-likeness (QED) is 0.857. The zero-order valence-corrected chi connectivity index (χ0v) is 11.6. The highest BCUT2D eigenvalue weighted by Gasteiger charge is 2.17. The van der Waals surface area contributed by atoms with E-state index in [0.717, 1.165) is 55.2 Å². The van der Waals surface area contributed by atoms with Gasteiger partial charge in [0.2, 0.25) is 0 Å². The van der Waals surface area contributed by atoms with E-state index in [4.69, 9.17) is 10.5 Å². The van der Waals surface area contributed by atoms with Crippen molar-refractivity contribution in [2.24, 2.45) is 5.92 Å². The molecule has 2 N–H and O–H groups in total. The number of hydrogen-bond acceptors (Lipinski definition) is 5. The molecule has 0 aliphatic carbocycles. The second-order valence-electron chi connectivity index (χ2n) is 5.32. The van der Waals surface area contributed by atoms with Gasteiger partial charge in [-0.1, -0.05) is 0 Å². The minimum Gasteiger partial charge on any atom is -0.399 e. The SMILES string of the molecule is Cc1cc(-c2nnnn2CCC2CCOC2)ccc1N. The first kappa shape index (κ1) is 13.1. The summed E-state index contributed by atoms with van der Waals surface area (Å²) in [6.07, 6.45) is 2.18. The average molecular weight is 273 g/mol. The van der Waals surface area contributed by atoms with Gasteiger partial charge in [-0.25, -0.2) is 4.68 Å². The monoisotopic (exact) mass is 273 g/mol. The van der Waals surface area contributed by atoms with Crippen LogP contribution in [0.5, 0.6) is 0 Å². The molecule has 106 valence electrons. The summed E-state index contributed by atoms with van der Waals surface area (Å²) < 4.78 is 7.26. The Morgan fingerprint density at radius 1 is 1.45 bits per heavy atom. The van der Waals surface area contributed by atoms with Gasteiger partial charge in [0.1, 0.15) is 0 Å². The van der Waals surface area contributed by atoms with Gasteiger partial charge < -0.3 is 10.5 Å². The number of aryl methyl sites for hydroxylation is 2. The average Bonchev–Trinajstić information content (AvgIpc) is 3.10. The maximum atomic E-state index is 5.85. The topological polar surface area (TPSA) is 78.8 Å². The molecule has 6 heteroatoms. The Kier molecular flexibility index (Phi) is 3.64. The number of nitrogen functional groups attached to an aromatic ring is 1. The van der Waals surface area contributed by atoms with Crippen molar-refractivity contribution < 1.29 is 4.74 Å². The van der Waals surface area contributed by atoms with Crippen molar-refractivity contribution in [1.29, 1.82) is 0 Å². The number of anilines is 1. The van der Waals surface area contributed by atoms with Crippen LogP contribution in [0.1, 0.15) is 18.4 Å². The highest BCUT2D eigenvalue weighted by Crippen LogP contribution is 2.22. The number of tetrazole rings is 1. The van der Waals surface area contributed by atoms with E-state index >= 15 is 0 Å². The lowest BCUT2D eigenvalue weighted by Crippen LogP contribution is -2.09. The molecule has 1 aliphatic heterocycles. The van der Waals surface area contributed by atoms with Gasteiger partial charge >= 0.3 is 0 Å². The minimum atomic E-state index is 0.625. The molecule has 6 nitrogen and oxygen atoms in total. The van der Waals surface area contributed by atoms with E-state index in [1.807, 2.05) is 29.8 Å². The Morgan fingerprint density at radius 2 is 2.35 bits per heavy atom. The van der Waals surface area contributed by atoms with Crippen LogP contribution in [0.3, 0.4) is 0 Å². The molecule has 1 fully saturated rings. The van der Waals surface area contributed by atoms with Crippen LogP contribution in [0.2, 0.25) is 0 Å². The van der Waals surface area contributed by atoms with Crippen molar-refractivity contribution in [1.82, 2.24) is 20.2 Å². The molecule has 3 rings (SSSR count). The predicted octanol–water partition coefficient (Wildman–Crippen LogP) is 1.66. The molecule has 1 aromatic heterocycles. The summed E-state index contributed by atoms with van der Waals surface area (Å²) in [6, 6.07) is 5.88. The van der Waals surface area contributed by atoms with Crippen molar-refractivity contribution in [3.8, 4) is 11.4 Å². The second kappa shape index (κ2) is 5.58. The van der Waals surface area contributed by atoms with E-state index in [2.05, 4.69) is 15.5 Å². The van der Waals surface area contributed by atoms with Crippen LogP contribution in [-0.2, 0) is 11.3 Å². The third-order valence-corrected chi connectivity index (χ3v) is 3.83. The number of aromatic nitrogens is 4. The molecule has 1 atom stereocenters. The minimum absolute atomic E-state index is 0.625. The Morgan fingerprint density at radius 3 is 3.10 bits per heavy atom. The molecule has 1 saturated heterocycles. The smallest absolute Gasteiger partial charge is 0.182 e. The normalized spacial score (nSPS) is 18.6. The highest BCUT2D eigenvalue weighted by molar-refractivity contribution is 5.61. The maximum Gasteiger partial charge on any atom is 0.182 e. The summed E-state index contributed by atoms with van der Waals surface area (Å²) >= 11 is 0. The molecule has 0 saturated carbocycles. The van der Waals surface area contributed by atoms with Crippen LogP contribution in [0, 0.1) is 12.8 Å². The van der Waals surface area contributed by atoms with E-state index in [0.29, 0.717) is 5.92 Å². The number of benzene rings is 1. The molecule has 2 aromatic rings. The van der Waals surface area contributed by atoms with Crippen molar-refractivity contribution in [3.05, 3.63) is 23.8 Å². The van der Waals surface area contributed by atoms with Gasteiger partial charge in [-0.05, 0) is 59.9 Å². The van der Waals surface area contributed by atoms with E-state index in [-0.39, 0.29) is 0 Å². The standard InChI is InChI=1S/C14H19N5O/c1-10-8-12(2-3-13(10)15)14-16-17-18-19(14)6-4-11-5-7-20-9-11/h2-3,8,11H,4-7,9,15H2,1H3. The summed E-state index contributed by atoms with van der Waals surface area (Å²) in [6.45, 7) is 4.55. The number of hydrogen-bond donors (Lipinski definition) is 1. The molecule has 1 unspecified atom stereocenters. The van der Waals surface area contributed by atoms with Gasteiger partial charge in [-0.15, -0.1) is 5.10 Å². The summed E-state index contributed by atoms with van der Waals surface area (Å²) in [5.41, 5.74) is 8.68. The molecule has 0 radical (unpaired) electrons. The summed E-state index contributed by atoms with van der Waals surface area (Å²) in [5.74, 6) is 1.42. The fourth-order valence-corrected chi connectivity index (χ4v) is 2.49. The number of ether oxygens (including phenoxy) is 1. The van der Waals surface area contributed by atoms with Crippen LogP contribution in [-0.4, -0.2) is 33.4 Å². The maximum absolute atomic E-state index is 5.85. The largest absolute Gasteiger partial charge is 0.399 e. The summed E-state index contributed by atoms with van der Waals surface area (Å²) in [5, 5.41) is 12.0. The lowest BCUT2D eigenvalue weighted by atomic mass is 10.1. The van der Waals surface area contributed by atoms with Crippen LogP contribution >= 0.6 is 0 Å². The fourth-order valence-electron chi connectivity index (χ4n) is 2.49. The zero-order chi connectivity index (χ0) is 13.9. The van der Waals surface area contributed by atoms with Crippen LogP contribution in [0.4, 0.5) is 5.69 Å². The Hall–Kier alpha value is -1.95. The Balaban J connectivity index is 1.76. The van der Waals surface area contributed by atoms with E-state index < -0.39 is 0 Å². The third kappa shape index (κ3) is 2.65. The Labute approximate surface area is 117 Å². The molecule has 1 aliphatic rings. The van der Waals surface area contributed by atoms with Gasteiger partial charge in [0.05, 0.1) is 0 Å². The van der Waals surface area contributed by atoms with Crippen LogP contribution in [0.15, 0.2) is 18.2 Å². The van der Waals surface area contributed by atoms with Gasteiger partial charge in [-0.2, -0.15) is 0 Å². The van der Waals surface area contributed by atoms with E-state index in [1.54, 1.807) is 0 Å². The third-order valence-electron chi connectivity index (χ3n) is 3.83. The van der Waals surface area contributed by atoms with Crippen molar-refractivity contribution in [2.75, 3.05) is 18.9 Å². The van der Waals surface area contributed by atoms with Crippen LogP contribution < -0.4 is 5.73 Å². The predicted molar refractivity (Wildman–Crippen MR) is 75.9 cm³/mol. The number of nitrogens with zero attached hydrogens (tertiary/aromatic N) is 4. The second-order valence-corrected chi connectivity index (χ2v) is 5.32. The first-order chi connectivity index (χ1) is 9.74. The first-order valence-corrected chi connectivity index (χ1v) is 6.94. The van der Waals surface area contributed by atoms with Crippen molar-refractivity contribution in [3.63, 3.8) is 0 Å². The summed E-state index contributed by atoms with van der Waals surface area (Å²) in [7, 11) is 0. The number of rotatable bonds is 4. The molecule has 0 amide bonds. The van der Waals surface area contributed by atoms with Gasteiger partial charge in [0, 0.05) is 31.0 Å². The van der Waals surface area contributed by atoms with E-state index in [9.17, 15) is 0 Å².